The Morgan fingerprint density at radius 2 is 1.87 bits per heavy atom. The van der Waals surface area contributed by atoms with Gasteiger partial charge in [0.1, 0.15) is 17.3 Å². The Hall–Kier alpha value is -2.51. The number of rotatable bonds is 7. The number of ether oxygens (including phenoxy) is 2. The van der Waals surface area contributed by atoms with E-state index in [4.69, 9.17) is 21.1 Å². The molecule has 2 aromatic carbocycles. The molecule has 2 amide bonds. The number of benzene rings is 2. The highest BCUT2D eigenvalue weighted by atomic mass is 35.5. The maximum atomic E-state index is 13.8. The first-order valence-corrected chi connectivity index (χ1v) is 10.3. The molecule has 0 spiro atoms. The third-order valence-electron chi connectivity index (χ3n) is 5.33. The van der Waals surface area contributed by atoms with Crippen LogP contribution in [-0.2, 0) is 6.54 Å². The molecule has 0 bridgehead atoms. The Labute approximate surface area is 181 Å². The summed E-state index contributed by atoms with van der Waals surface area (Å²) in [6.07, 6.45) is 1.90. The maximum absolute atomic E-state index is 13.8. The van der Waals surface area contributed by atoms with Crippen molar-refractivity contribution in [2.45, 2.75) is 19.4 Å². The monoisotopic (exact) mass is 435 g/mol. The third kappa shape index (κ3) is 5.77. The van der Waals surface area contributed by atoms with Crippen molar-refractivity contribution in [1.29, 1.82) is 0 Å². The number of nitrogens with zero attached hydrogens (tertiary/aromatic N) is 1. The summed E-state index contributed by atoms with van der Waals surface area (Å²) >= 11 is 6.14. The molecular weight excluding hydrogens is 409 g/mol. The molecule has 0 atom stereocenters. The first-order chi connectivity index (χ1) is 14.5. The van der Waals surface area contributed by atoms with E-state index in [1.165, 1.54) is 20.3 Å². The lowest BCUT2D eigenvalue weighted by Crippen LogP contribution is -2.39. The Kier molecular flexibility index (Phi) is 7.76. The van der Waals surface area contributed by atoms with Crippen LogP contribution in [0.3, 0.4) is 0 Å². The van der Waals surface area contributed by atoms with Gasteiger partial charge < -0.3 is 20.1 Å². The lowest BCUT2D eigenvalue weighted by atomic mass is 9.96. The van der Waals surface area contributed by atoms with Gasteiger partial charge >= 0.3 is 6.03 Å². The number of carbonyl (C=O) groups is 1. The van der Waals surface area contributed by atoms with E-state index in [2.05, 4.69) is 15.5 Å². The Morgan fingerprint density at radius 1 is 1.17 bits per heavy atom. The summed E-state index contributed by atoms with van der Waals surface area (Å²) < 4.78 is 24.3. The first-order valence-electron chi connectivity index (χ1n) is 9.92. The molecule has 6 nitrogen and oxygen atoms in total. The molecule has 1 fully saturated rings. The van der Waals surface area contributed by atoms with E-state index in [0.717, 1.165) is 31.5 Å². The van der Waals surface area contributed by atoms with Crippen molar-refractivity contribution in [3.63, 3.8) is 0 Å². The Bertz CT molecular complexity index is 873. The van der Waals surface area contributed by atoms with Crippen LogP contribution < -0.4 is 20.1 Å². The zero-order valence-electron chi connectivity index (χ0n) is 17.2. The number of hydrogen-bond acceptors (Lipinski definition) is 4. The van der Waals surface area contributed by atoms with Crippen molar-refractivity contribution >= 4 is 23.3 Å². The number of urea groups is 1. The topological polar surface area (TPSA) is 62.8 Å². The van der Waals surface area contributed by atoms with Crippen molar-refractivity contribution in [3.05, 3.63) is 52.8 Å². The number of halogens is 2. The predicted molar refractivity (Wildman–Crippen MR) is 116 cm³/mol. The van der Waals surface area contributed by atoms with Gasteiger partial charge in [0, 0.05) is 24.7 Å². The highest BCUT2D eigenvalue weighted by Crippen LogP contribution is 2.35. The number of piperidine rings is 1. The van der Waals surface area contributed by atoms with Gasteiger partial charge in [0.2, 0.25) is 0 Å². The molecule has 8 heteroatoms. The van der Waals surface area contributed by atoms with Crippen LogP contribution >= 0.6 is 11.6 Å². The van der Waals surface area contributed by atoms with Crippen LogP contribution in [0.15, 0.2) is 36.4 Å². The van der Waals surface area contributed by atoms with Crippen LogP contribution in [0.2, 0.25) is 5.02 Å². The van der Waals surface area contributed by atoms with Gasteiger partial charge in [-0.3, -0.25) is 4.90 Å². The molecule has 0 aliphatic carbocycles. The van der Waals surface area contributed by atoms with Crippen LogP contribution in [-0.4, -0.2) is 44.8 Å². The lowest BCUT2D eigenvalue weighted by Gasteiger charge is -2.32. The molecule has 162 valence electrons. The van der Waals surface area contributed by atoms with Crippen LogP contribution in [0, 0.1) is 11.7 Å². The predicted octanol–water partition coefficient (Wildman–Crippen LogP) is 4.53. The van der Waals surface area contributed by atoms with Gasteiger partial charge in [-0.2, -0.15) is 0 Å². The van der Waals surface area contributed by atoms with E-state index >= 15 is 0 Å². The van der Waals surface area contributed by atoms with Gasteiger partial charge in [0.05, 0.1) is 24.9 Å². The van der Waals surface area contributed by atoms with Gasteiger partial charge in [-0.1, -0.05) is 29.8 Å². The van der Waals surface area contributed by atoms with Gasteiger partial charge in [-0.25, -0.2) is 9.18 Å². The molecule has 0 radical (unpaired) electrons. The van der Waals surface area contributed by atoms with Crippen molar-refractivity contribution in [2.75, 3.05) is 39.2 Å². The molecule has 2 N–H and O–H groups in total. The number of nitrogens with one attached hydrogen (secondary N) is 2. The maximum Gasteiger partial charge on any atom is 0.319 e. The third-order valence-corrected chi connectivity index (χ3v) is 5.63. The van der Waals surface area contributed by atoms with Crippen LogP contribution in [0.25, 0.3) is 0 Å². The van der Waals surface area contributed by atoms with Gasteiger partial charge in [0.15, 0.2) is 0 Å². The van der Waals surface area contributed by atoms with Gasteiger partial charge in [-0.15, -0.1) is 0 Å². The molecule has 30 heavy (non-hydrogen) atoms. The number of amides is 2. The molecule has 0 unspecified atom stereocenters. The summed E-state index contributed by atoms with van der Waals surface area (Å²) in [7, 11) is 3.03. The van der Waals surface area contributed by atoms with E-state index in [1.54, 1.807) is 18.2 Å². The average molecular weight is 436 g/mol. The Balaban J connectivity index is 1.45. The largest absolute Gasteiger partial charge is 0.495 e. The highest BCUT2D eigenvalue weighted by Gasteiger charge is 2.21. The molecule has 0 aromatic heterocycles. The number of carbonyl (C=O) groups excluding carboxylic acids is 1. The summed E-state index contributed by atoms with van der Waals surface area (Å²) in [4.78, 5) is 14.6. The fourth-order valence-electron chi connectivity index (χ4n) is 3.58. The minimum Gasteiger partial charge on any atom is -0.495 e. The highest BCUT2D eigenvalue weighted by molar-refractivity contribution is 6.32. The zero-order valence-corrected chi connectivity index (χ0v) is 18.0. The molecule has 1 saturated heterocycles. The number of anilines is 1. The van der Waals surface area contributed by atoms with E-state index in [0.29, 0.717) is 41.2 Å². The number of methoxy groups -OCH3 is 2. The van der Waals surface area contributed by atoms with Crippen LogP contribution in [0.1, 0.15) is 18.4 Å². The molecule has 1 aliphatic rings. The molecular formula is C22H27ClFN3O3. The van der Waals surface area contributed by atoms with Crippen LogP contribution in [0.4, 0.5) is 14.9 Å². The van der Waals surface area contributed by atoms with E-state index < -0.39 is 0 Å². The minimum atomic E-state index is -0.316. The van der Waals surface area contributed by atoms with E-state index in [1.807, 2.05) is 12.1 Å². The molecule has 0 saturated carbocycles. The summed E-state index contributed by atoms with van der Waals surface area (Å²) in [5.41, 5.74) is 1.20. The number of likely N-dealkylation sites (tertiary alicyclic amines) is 1. The molecule has 3 rings (SSSR count). The smallest absolute Gasteiger partial charge is 0.319 e. The van der Waals surface area contributed by atoms with Crippen LogP contribution in [0.5, 0.6) is 11.5 Å². The second-order valence-electron chi connectivity index (χ2n) is 7.33. The summed E-state index contributed by atoms with van der Waals surface area (Å²) in [6, 6.07) is 9.80. The van der Waals surface area contributed by atoms with Crippen molar-refractivity contribution < 1.29 is 18.7 Å². The van der Waals surface area contributed by atoms with Crippen molar-refractivity contribution in [3.8, 4) is 11.5 Å². The normalized spacial score (nSPS) is 14.9. The van der Waals surface area contributed by atoms with Crippen molar-refractivity contribution in [1.82, 2.24) is 10.2 Å². The SMILES string of the molecule is COc1cc(OC)c(NC(=O)NCC2CCN(Cc3ccccc3F)CC2)cc1Cl. The molecule has 2 aromatic rings. The molecule has 1 heterocycles. The van der Waals surface area contributed by atoms with Crippen molar-refractivity contribution in [2.24, 2.45) is 5.92 Å². The number of hydrogen-bond donors (Lipinski definition) is 2. The second kappa shape index (κ2) is 10.5. The summed E-state index contributed by atoms with van der Waals surface area (Å²) in [5, 5.41) is 6.07. The minimum absolute atomic E-state index is 0.160. The quantitative estimate of drug-likeness (QED) is 0.670. The zero-order chi connectivity index (χ0) is 21.5. The molecule has 1 aliphatic heterocycles. The first kappa shape index (κ1) is 22.2. The standard InChI is InChI=1S/C22H27ClFN3O3/c1-29-20-12-21(30-2)19(11-17(20)23)26-22(28)25-13-15-7-9-27(10-8-15)14-16-5-3-4-6-18(16)24/h3-6,11-12,15H,7-10,13-14H2,1-2H3,(H2,25,26,28). The van der Waals surface area contributed by atoms with Gasteiger partial charge in [0.25, 0.3) is 0 Å². The Morgan fingerprint density at radius 3 is 2.53 bits per heavy atom. The summed E-state index contributed by atoms with van der Waals surface area (Å²) in [5.74, 6) is 1.16. The van der Waals surface area contributed by atoms with Gasteiger partial charge in [-0.05, 0) is 44.0 Å². The fraction of sp³-hybridized carbons (Fsp3) is 0.409. The second-order valence-corrected chi connectivity index (χ2v) is 7.74. The van der Waals surface area contributed by atoms with E-state index in [-0.39, 0.29) is 11.8 Å². The fourth-order valence-corrected chi connectivity index (χ4v) is 3.82. The summed E-state index contributed by atoms with van der Waals surface area (Å²) in [6.45, 7) is 2.95. The lowest BCUT2D eigenvalue weighted by molar-refractivity contribution is 0.174. The average Bonchev–Trinajstić information content (AvgIpc) is 2.75. The van der Waals surface area contributed by atoms with E-state index in [9.17, 15) is 9.18 Å².